The van der Waals surface area contributed by atoms with Crippen LogP contribution in [0.1, 0.15) is 62.3 Å². The summed E-state index contributed by atoms with van der Waals surface area (Å²) in [5.41, 5.74) is 4.55. The van der Waals surface area contributed by atoms with Crippen molar-refractivity contribution < 1.29 is 17.0 Å². The van der Waals surface area contributed by atoms with Gasteiger partial charge in [-0.05, 0) is 27.5 Å². The molecule has 0 aromatic rings. The summed E-state index contributed by atoms with van der Waals surface area (Å²) in [6.07, 6.45) is 14.2. The minimum absolute atomic E-state index is 0.0328. The Kier molecular flexibility index (Phi) is 9.13. The molecular formula is C27H39Cl2NSiTi-. The molecule has 0 atom stereocenters. The molecule has 0 aromatic carbocycles. The summed E-state index contributed by atoms with van der Waals surface area (Å²) in [6.45, 7) is 25.3. The SMILES string of the molecule is CC(C)(C)[N-][Si](C)(C)[C]1[C]2C=C(C(C)(C)C)C=C[C]2[C]2C=CC(C(C)(C)C)=C[C]21.[Cl][Ti][Cl]. The van der Waals surface area contributed by atoms with Crippen LogP contribution in [0.5, 0.6) is 0 Å². The zero-order valence-electron chi connectivity index (χ0n) is 21.7. The monoisotopic (exact) mass is 523 g/mol. The van der Waals surface area contributed by atoms with Crippen LogP contribution >= 0.6 is 18.6 Å². The number of allylic oxidation sites excluding steroid dienone is 8. The van der Waals surface area contributed by atoms with Crippen molar-refractivity contribution in [3.05, 3.63) is 81.8 Å². The van der Waals surface area contributed by atoms with Crippen LogP contribution in [-0.4, -0.2) is 13.8 Å². The van der Waals surface area contributed by atoms with Crippen molar-refractivity contribution in [2.75, 3.05) is 0 Å². The molecule has 0 amide bonds. The molecule has 0 unspecified atom stereocenters. The first-order valence-corrected chi connectivity index (χ1v) is 18.5. The van der Waals surface area contributed by atoms with Gasteiger partial charge in [-0.25, -0.2) is 0 Å². The minimum atomic E-state index is -2.03. The van der Waals surface area contributed by atoms with Gasteiger partial charge in [-0.1, -0.05) is 120 Å². The number of halogens is 2. The molecule has 0 bridgehead atoms. The Bertz CT molecular complexity index is 738. The van der Waals surface area contributed by atoms with E-state index in [-0.39, 0.29) is 16.4 Å². The van der Waals surface area contributed by atoms with E-state index in [1.807, 2.05) is 0 Å². The van der Waals surface area contributed by atoms with Gasteiger partial charge in [-0.15, -0.1) is 5.54 Å². The molecule has 3 aliphatic rings. The van der Waals surface area contributed by atoms with Crippen LogP contribution < -0.4 is 0 Å². The third-order valence-electron chi connectivity index (χ3n) is 5.83. The van der Waals surface area contributed by atoms with Crippen molar-refractivity contribution in [2.24, 2.45) is 10.8 Å². The van der Waals surface area contributed by atoms with E-state index < -0.39 is 25.3 Å². The van der Waals surface area contributed by atoms with Gasteiger partial charge in [0.15, 0.2) is 0 Å². The summed E-state index contributed by atoms with van der Waals surface area (Å²) in [5, 5.41) is 0. The van der Waals surface area contributed by atoms with Gasteiger partial charge in [0.05, 0.1) is 0 Å². The average molecular weight is 524 g/mol. The van der Waals surface area contributed by atoms with E-state index in [0.717, 1.165) is 0 Å². The van der Waals surface area contributed by atoms with Crippen LogP contribution in [0.3, 0.4) is 0 Å². The molecular weight excluding hydrogens is 485 g/mol. The summed E-state index contributed by atoms with van der Waals surface area (Å²) in [5.74, 6) is 5.60. The first-order valence-electron chi connectivity index (χ1n) is 11.3. The second-order valence-electron chi connectivity index (χ2n) is 12.3. The number of rotatable bonds is 2. The van der Waals surface area contributed by atoms with Crippen LogP contribution in [0, 0.1) is 40.0 Å². The predicted molar refractivity (Wildman–Crippen MR) is 142 cm³/mol. The first-order chi connectivity index (χ1) is 14.4. The maximum atomic E-state index is 5.41. The molecule has 5 radical (unpaired) electrons. The maximum absolute atomic E-state index is 5.41. The van der Waals surface area contributed by atoms with E-state index in [4.69, 9.17) is 23.6 Å². The topological polar surface area (TPSA) is 14.1 Å². The molecule has 1 saturated carbocycles. The van der Waals surface area contributed by atoms with Crippen LogP contribution in [0.25, 0.3) is 4.98 Å². The van der Waals surface area contributed by atoms with Crippen LogP contribution in [0.4, 0.5) is 0 Å². The normalized spacial score (nSPS) is 21.5. The van der Waals surface area contributed by atoms with Crippen LogP contribution in [0.15, 0.2) is 47.6 Å². The molecule has 1 fully saturated rings. The van der Waals surface area contributed by atoms with Crippen LogP contribution in [0.2, 0.25) is 13.1 Å². The van der Waals surface area contributed by atoms with E-state index in [2.05, 4.69) is 112 Å². The molecule has 32 heavy (non-hydrogen) atoms. The molecule has 0 aliphatic heterocycles. The fraction of sp³-hybridized carbons (Fsp3) is 0.519. The van der Waals surface area contributed by atoms with E-state index in [9.17, 15) is 0 Å². The van der Waals surface area contributed by atoms with E-state index in [0.29, 0.717) is 0 Å². The summed E-state index contributed by atoms with van der Waals surface area (Å²) in [6, 6.07) is 0. The van der Waals surface area contributed by atoms with Gasteiger partial charge in [-0.3, -0.25) is 0 Å². The first kappa shape index (κ1) is 28.7. The zero-order valence-corrected chi connectivity index (χ0v) is 25.7. The van der Waals surface area contributed by atoms with Gasteiger partial charge in [0.2, 0.25) is 0 Å². The number of fused-ring (bicyclic) bond motifs is 3. The molecule has 0 N–H and O–H groups in total. The molecule has 0 spiro atoms. The molecule has 0 saturated heterocycles. The number of nitrogens with zero attached hydrogens (tertiary/aromatic N) is 1. The fourth-order valence-electron chi connectivity index (χ4n) is 4.60. The molecule has 175 valence electrons. The molecule has 0 heterocycles. The van der Waals surface area contributed by atoms with Gasteiger partial charge in [0.1, 0.15) is 0 Å². The van der Waals surface area contributed by atoms with Crippen molar-refractivity contribution in [3.8, 4) is 0 Å². The fourth-order valence-corrected chi connectivity index (χ4v) is 8.12. The summed E-state index contributed by atoms with van der Waals surface area (Å²) >= 11 is -0.556. The van der Waals surface area contributed by atoms with Gasteiger partial charge in [-0.2, -0.15) is 0 Å². The number of hydrogen-bond acceptors (Lipinski definition) is 0. The quantitative estimate of drug-likeness (QED) is 0.320. The standard InChI is InChI=1S/C27H39NSi.2ClH.Ti/c1-25(2,3)18-12-14-20-21-15-13-19(26(4,5)6)17-23(21)24(22(20)16-18)29(10,11)28-27(7,8)9;;;/h12-17H,1-11H3;2*1H;/q-1;;;+2/p-2. The Balaban J connectivity index is 0.00000114. The Morgan fingerprint density at radius 3 is 1.28 bits per heavy atom. The molecule has 5 heteroatoms. The Hall–Kier alpha value is 0.431. The third-order valence-corrected chi connectivity index (χ3v) is 8.82. The second-order valence-corrected chi connectivity index (χ2v) is 18.7. The number of hydrogen-bond donors (Lipinski definition) is 0. The molecule has 3 rings (SSSR count). The van der Waals surface area contributed by atoms with E-state index in [1.165, 1.54) is 40.4 Å². The van der Waals surface area contributed by atoms with Crippen molar-refractivity contribution in [1.29, 1.82) is 0 Å². The van der Waals surface area contributed by atoms with Gasteiger partial charge < -0.3 is 4.98 Å². The Morgan fingerprint density at radius 1 is 0.656 bits per heavy atom. The predicted octanol–water partition coefficient (Wildman–Crippen LogP) is 9.25. The summed E-state index contributed by atoms with van der Waals surface area (Å²) in [7, 11) is 7.75. The van der Waals surface area contributed by atoms with Crippen LogP contribution in [-0.2, 0) is 17.0 Å². The third kappa shape index (κ3) is 6.76. The Labute approximate surface area is 216 Å². The zero-order chi connectivity index (χ0) is 24.7. The van der Waals surface area contributed by atoms with Crippen molar-refractivity contribution >= 4 is 26.8 Å². The summed E-state index contributed by atoms with van der Waals surface area (Å²) < 4.78 is 0. The van der Waals surface area contributed by atoms with Gasteiger partial charge >= 0.3 is 35.6 Å². The molecule has 3 aliphatic carbocycles. The van der Waals surface area contributed by atoms with E-state index in [1.54, 1.807) is 0 Å². The van der Waals surface area contributed by atoms with E-state index >= 15 is 0 Å². The van der Waals surface area contributed by atoms with Crippen molar-refractivity contribution in [3.63, 3.8) is 0 Å². The second kappa shape index (κ2) is 10.2. The average Bonchev–Trinajstić information content (AvgIpc) is 2.92. The molecule has 0 aromatic heterocycles. The summed E-state index contributed by atoms with van der Waals surface area (Å²) in [4.78, 5) is 5.41. The van der Waals surface area contributed by atoms with Crippen molar-refractivity contribution in [2.45, 2.75) is 80.9 Å². The van der Waals surface area contributed by atoms with Gasteiger partial charge in [0.25, 0.3) is 0 Å². The molecule has 1 nitrogen and oxygen atoms in total. The Morgan fingerprint density at radius 2 is 1.00 bits per heavy atom. The van der Waals surface area contributed by atoms with Crippen molar-refractivity contribution in [1.82, 2.24) is 0 Å². The van der Waals surface area contributed by atoms with Gasteiger partial charge in [0, 0.05) is 23.7 Å².